The lowest BCUT2D eigenvalue weighted by Crippen LogP contribution is -2.30. The molecule has 0 radical (unpaired) electrons. The third-order valence-electron chi connectivity index (χ3n) is 5.04. The molecule has 3 N–H and O–H groups in total. The van der Waals surface area contributed by atoms with Gasteiger partial charge in [0.2, 0.25) is 5.89 Å². The Morgan fingerprint density at radius 2 is 1.79 bits per heavy atom. The fraction of sp³-hybridized carbons (Fsp3) is 0.160. The van der Waals surface area contributed by atoms with E-state index in [0.717, 1.165) is 16.6 Å². The van der Waals surface area contributed by atoms with Crippen molar-refractivity contribution in [2.75, 3.05) is 19.0 Å². The van der Waals surface area contributed by atoms with E-state index < -0.39 is 12.0 Å². The fourth-order valence-electron chi connectivity index (χ4n) is 3.41. The molecule has 3 aromatic carbocycles. The van der Waals surface area contributed by atoms with E-state index in [2.05, 4.69) is 15.6 Å². The van der Waals surface area contributed by atoms with Gasteiger partial charge in [0.05, 0.1) is 12.8 Å². The van der Waals surface area contributed by atoms with Crippen LogP contribution in [0, 0.1) is 0 Å². The van der Waals surface area contributed by atoms with Crippen LogP contribution < -0.4 is 15.4 Å². The first-order valence-electron chi connectivity index (χ1n) is 10.4. The number of oxazole rings is 1. The van der Waals surface area contributed by atoms with E-state index in [1.54, 1.807) is 18.2 Å². The summed E-state index contributed by atoms with van der Waals surface area (Å²) in [6.07, 6.45) is 0.330. The van der Waals surface area contributed by atoms with Gasteiger partial charge in [-0.2, -0.15) is 0 Å². The smallest absolute Gasteiger partial charge is 0.319 e. The Kier molecular flexibility index (Phi) is 6.54. The number of benzene rings is 3. The van der Waals surface area contributed by atoms with Crippen LogP contribution >= 0.6 is 0 Å². The molecule has 0 spiro atoms. The lowest BCUT2D eigenvalue weighted by Gasteiger charge is -2.12. The molecule has 4 aromatic rings. The van der Waals surface area contributed by atoms with E-state index in [9.17, 15) is 9.59 Å². The second-order valence-electron chi connectivity index (χ2n) is 7.36. The molecular formula is C25H23N3O5. The van der Waals surface area contributed by atoms with E-state index in [1.807, 2.05) is 48.5 Å². The molecule has 1 aromatic heterocycles. The summed E-state index contributed by atoms with van der Waals surface area (Å²) in [6.45, 7) is 0.245. The molecule has 168 valence electrons. The second-order valence-corrected chi connectivity index (χ2v) is 7.36. The number of carbonyl (C=O) groups excluding carboxylic acids is 1. The van der Waals surface area contributed by atoms with Crippen LogP contribution in [0.3, 0.4) is 0 Å². The van der Waals surface area contributed by atoms with Crippen molar-refractivity contribution in [3.8, 4) is 28.3 Å². The van der Waals surface area contributed by atoms with Crippen LogP contribution in [0.2, 0.25) is 0 Å². The predicted octanol–water partition coefficient (Wildman–Crippen LogP) is 5.16. The van der Waals surface area contributed by atoms with Gasteiger partial charge in [-0.25, -0.2) is 9.78 Å². The first kappa shape index (κ1) is 21.9. The Balaban J connectivity index is 1.55. The number of rotatable bonds is 8. The summed E-state index contributed by atoms with van der Waals surface area (Å²) in [5, 5.41) is 14.1. The highest BCUT2D eigenvalue weighted by Crippen LogP contribution is 2.33. The number of fused-ring (bicyclic) bond motifs is 1. The van der Waals surface area contributed by atoms with Crippen molar-refractivity contribution in [3.63, 3.8) is 0 Å². The van der Waals surface area contributed by atoms with Gasteiger partial charge in [0.25, 0.3) is 0 Å². The largest absolute Gasteiger partial charge is 0.495 e. The predicted molar refractivity (Wildman–Crippen MR) is 125 cm³/mol. The number of nitrogens with zero attached hydrogens (tertiary/aromatic N) is 1. The Labute approximate surface area is 190 Å². The average Bonchev–Trinajstić information content (AvgIpc) is 3.26. The Hall–Kier alpha value is -4.33. The molecule has 4 rings (SSSR count). The van der Waals surface area contributed by atoms with Crippen molar-refractivity contribution in [2.24, 2.45) is 0 Å². The van der Waals surface area contributed by atoms with Crippen molar-refractivity contribution in [2.45, 2.75) is 12.8 Å². The maximum atomic E-state index is 12.2. The molecule has 8 nitrogen and oxygen atoms in total. The minimum absolute atomic E-state index is 0.0111. The van der Waals surface area contributed by atoms with Gasteiger partial charge in [-0.1, -0.05) is 36.4 Å². The van der Waals surface area contributed by atoms with Crippen LogP contribution in [-0.2, 0) is 4.79 Å². The number of anilines is 1. The molecule has 0 aliphatic heterocycles. The van der Waals surface area contributed by atoms with Crippen LogP contribution in [0.15, 0.2) is 71.1 Å². The van der Waals surface area contributed by atoms with Crippen molar-refractivity contribution < 1.29 is 23.8 Å². The van der Waals surface area contributed by atoms with Gasteiger partial charge in [0.1, 0.15) is 11.3 Å². The second kappa shape index (κ2) is 9.86. The summed E-state index contributed by atoms with van der Waals surface area (Å²) >= 11 is 0. The van der Waals surface area contributed by atoms with Gasteiger partial charge in [-0.15, -0.1) is 0 Å². The van der Waals surface area contributed by atoms with Crippen molar-refractivity contribution in [3.05, 3.63) is 66.7 Å². The van der Waals surface area contributed by atoms with Gasteiger partial charge in [-0.05, 0) is 47.9 Å². The molecule has 0 bridgehead atoms. The Morgan fingerprint density at radius 3 is 2.55 bits per heavy atom. The Morgan fingerprint density at radius 1 is 1.00 bits per heavy atom. The fourth-order valence-corrected chi connectivity index (χ4v) is 3.41. The van der Waals surface area contributed by atoms with Crippen LogP contribution in [0.5, 0.6) is 5.75 Å². The molecule has 0 saturated heterocycles. The van der Waals surface area contributed by atoms with Gasteiger partial charge in [0.15, 0.2) is 5.58 Å². The Bertz CT molecular complexity index is 1280. The van der Waals surface area contributed by atoms with Crippen LogP contribution in [0.25, 0.3) is 33.7 Å². The zero-order chi connectivity index (χ0) is 23.2. The summed E-state index contributed by atoms with van der Waals surface area (Å²) in [5.74, 6) is -0.00880. The molecule has 0 atom stereocenters. The lowest BCUT2D eigenvalue weighted by molar-refractivity contribution is -0.137. The highest BCUT2D eigenvalue weighted by atomic mass is 16.5. The monoisotopic (exact) mass is 445 g/mol. The number of carboxylic acids is 1. The minimum atomic E-state index is -0.902. The third kappa shape index (κ3) is 5.30. The zero-order valence-electron chi connectivity index (χ0n) is 18.0. The van der Waals surface area contributed by atoms with Gasteiger partial charge >= 0.3 is 12.0 Å². The van der Waals surface area contributed by atoms with E-state index in [-0.39, 0.29) is 13.0 Å². The van der Waals surface area contributed by atoms with E-state index in [0.29, 0.717) is 34.9 Å². The number of ether oxygens (including phenoxy) is 1. The van der Waals surface area contributed by atoms with E-state index in [1.165, 1.54) is 7.11 Å². The summed E-state index contributed by atoms with van der Waals surface area (Å²) in [4.78, 5) is 27.4. The summed E-state index contributed by atoms with van der Waals surface area (Å²) in [5.41, 5.74) is 4.64. The number of carbonyl (C=O) groups is 2. The first-order chi connectivity index (χ1) is 16.0. The normalized spacial score (nSPS) is 10.7. The molecule has 1 heterocycles. The van der Waals surface area contributed by atoms with Crippen molar-refractivity contribution in [1.82, 2.24) is 10.3 Å². The molecule has 33 heavy (non-hydrogen) atoms. The zero-order valence-corrected chi connectivity index (χ0v) is 18.0. The quantitative estimate of drug-likeness (QED) is 0.323. The molecule has 0 unspecified atom stereocenters. The molecule has 0 saturated carbocycles. The van der Waals surface area contributed by atoms with Crippen molar-refractivity contribution in [1.29, 1.82) is 0 Å². The van der Waals surface area contributed by atoms with Crippen LogP contribution in [0.1, 0.15) is 12.8 Å². The van der Waals surface area contributed by atoms with Gasteiger partial charge in [-0.3, -0.25) is 4.79 Å². The van der Waals surface area contributed by atoms with Crippen molar-refractivity contribution >= 4 is 28.8 Å². The summed E-state index contributed by atoms with van der Waals surface area (Å²) in [6, 6.07) is 20.7. The molecule has 0 aliphatic carbocycles. The standard InChI is InChI=1S/C25H23N3O5/c1-32-21-11-10-18(15-19(21)28-25(31)26-13-5-8-23(29)30)24-27-20-14-17(9-12-22(20)33-24)16-6-3-2-4-7-16/h2-4,6-7,9-12,14-15H,5,8,13H2,1H3,(H,29,30)(H2,26,28,31). The minimum Gasteiger partial charge on any atom is -0.495 e. The first-order valence-corrected chi connectivity index (χ1v) is 10.4. The number of aromatic nitrogens is 1. The molecule has 2 amide bonds. The number of nitrogens with one attached hydrogen (secondary N) is 2. The van der Waals surface area contributed by atoms with Crippen LogP contribution in [-0.4, -0.2) is 35.7 Å². The lowest BCUT2D eigenvalue weighted by atomic mass is 10.1. The number of methoxy groups -OCH3 is 1. The maximum Gasteiger partial charge on any atom is 0.319 e. The number of carboxylic acid groups (broad SMARTS) is 1. The number of aliphatic carboxylic acids is 1. The summed E-state index contributed by atoms with van der Waals surface area (Å²) in [7, 11) is 1.51. The SMILES string of the molecule is COc1ccc(-c2nc3cc(-c4ccccc4)ccc3o2)cc1NC(=O)NCCCC(=O)O. The number of urea groups is 1. The highest BCUT2D eigenvalue weighted by Gasteiger charge is 2.14. The highest BCUT2D eigenvalue weighted by molar-refractivity contribution is 5.92. The maximum absolute atomic E-state index is 12.2. The average molecular weight is 445 g/mol. The van der Waals surface area contributed by atoms with Gasteiger partial charge in [0, 0.05) is 18.5 Å². The third-order valence-corrected chi connectivity index (χ3v) is 5.04. The number of hydrogen-bond donors (Lipinski definition) is 3. The molecule has 8 heteroatoms. The van der Waals surface area contributed by atoms with E-state index >= 15 is 0 Å². The number of amides is 2. The van der Waals surface area contributed by atoms with Crippen LogP contribution in [0.4, 0.5) is 10.5 Å². The summed E-state index contributed by atoms with van der Waals surface area (Å²) < 4.78 is 11.3. The number of hydrogen-bond acceptors (Lipinski definition) is 5. The molecule has 0 fully saturated rings. The topological polar surface area (TPSA) is 114 Å². The molecule has 0 aliphatic rings. The van der Waals surface area contributed by atoms with E-state index in [4.69, 9.17) is 14.3 Å². The van der Waals surface area contributed by atoms with Gasteiger partial charge < -0.3 is 24.9 Å². The molecular weight excluding hydrogens is 422 g/mol.